The molecule has 1 aromatic rings. The number of hydrogen-bond donors (Lipinski definition) is 4. The number of benzene rings is 1. The van der Waals surface area contributed by atoms with Crippen LogP contribution in [0.25, 0.3) is 0 Å². The number of ether oxygens (including phenoxy) is 2. The third-order valence-corrected chi connectivity index (χ3v) is 3.17. The molecule has 0 bridgehead atoms. The Bertz CT molecular complexity index is 409. The Morgan fingerprint density at radius 2 is 1.68 bits per heavy atom. The Hall–Kier alpha value is -0.890. The Balaban J connectivity index is 2.08. The van der Waals surface area contributed by atoms with Crippen molar-refractivity contribution < 1.29 is 29.9 Å². The van der Waals surface area contributed by atoms with Crippen LogP contribution < -0.4 is 4.74 Å². The summed E-state index contributed by atoms with van der Waals surface area (Å²) in [6, 6.07) is 6.34. The van der Waals surface area contributed by atoms with E-state index < -0.39 is 37.3 Å². The third kappa shape index (κ3) is 3.17. The summed E-state index contributed by atoms with van der Waals surface area (Å²) in [5.74, 6) is 0.383. The molecule has 7 heteroatoms. The molecule has 0 saturated carbocycles. The van der Waals surface area contributed by atoms with Crippen molar-refractivity contribution in [2.45, 2.75) is 30.7 Å². The lowest BCUT2D eigenvalue weighted by Gasteiger charge is -2.39. The van der Waals surface area contributed by atoms with Crippen molar-refractivity contribution >= 4 is 11.6 Å². The Labute approximate surface area is 114 Å². The van der Waals surface area contributed by atoms with Gasteiger partial charge in [-0.3, -0.25) is 0 Å². The molecule has 1 saturated heterocycles. The van der Waals surface area contributed by atoms with Crippen LogP contribution in [0.4, 0.5) is 0 Å². The second-order valence-corrected chi connectivity index (χ2v) is 4.71. The minimum absolute atomic E-state index is 0.383. The van der Waals surface area contributed by atoms with E-state index in [4.69, 9.17) is 26.2 Å². The van der Waals surface area contributed by atoms with Gasteiger partial charge in [-0.05, 0) is 24.3 Å². The molecule has 0 unspecified atom stereocenters. The Morgan fingerprint density at radius 3 is 2.26 bits per heavy atom. The third-order valence-electron chi connectivity index (χ3n) is 2.91. The van der Waals surface area contributed by atoms with Crippen molar-refractivity contribution in [3.63, 3.8) is 0 Å². The van der Waals surface area contributed by atoms with E-state index in [0.29, 0.717) is 10.8 Å². The van der Waals surface area contributed by atoms with Crippen molar-refractivity contribution in [3.05, 3.63) is 29.3 Å². The molecule has 0 radical (unpaired) electrons. The maximum atomic E-state index is 9.77. The first-order valence-corrected chi connectivity index (χ1v) is 6.13. The van der Waals surface area contributed by atoms with E-state index in [-0.39, 0.29) is 0 Å². The lowest BCUT2D eigenvalue weighted by atomic mass is 9.99. The van der Waals surface area contributed by atoms with Crippen molar-refractivity contribution in [2.75, 3.05) is 6.61 Å². The van der Waals surface area contributed by atoms with Crippen LogP contribution in [0.2, 0.25) is 5.02 Å². The smallest absolute Gasteiger partial charge is 0.229 e. The molecule has 1 aliphatic heterocycles. The van der Waals surface area contributed by atoms with Gasteiger partial charge in [0.2, 0.25) is 6.29 Å². The number of aliphatic hydroxyl groups excluding tert-OH is 4. The maximum Gasteiger partial charge on any atom is 0.229 e. The number of halogens is 1. The fourth-order valence-corrected chi connectivity index (χ4v) is 1.94. The Kier molecular flexibility index (Phi) is 4.62. The van der Waals surface area contributed by atoms with E-state index in [1.807, 2.05) is 0 Å². The molecule has 1 aliphatic rings. The van der Waals surface area contributed by atoms with E-state index in [0.717, 1.165) is 0 Å². The average Bonchev–Trinajstić information content (AvgIpc) is 2.42. The summed E-state index contributed by atoms with van der Waals surface area (Å²) in [4.78, 5) is 0. The molecule has 0 aliphatic carbocycles. The SMILES string of the molecule is OC[C@H]1O[C@@H](Oc2ccc(Cl)cc2)[C@H](O)[C@@H](O)[C@H]1O. The first kappa shape index (κ1) is 14.5. The average molecular weight is 291 g/mol. The van der Waals surface area contributed by atoms with Crippen LogP contribution >= 0.6 is 11.6 Å². The molecule has 6 nitrogen and oxygen atoms in total. The molecule has 4 N–H and O–H groups in total. The zero-order valence-electron chi connectivity index (χ0n) is 9.89. The monoisotopic (exact) mass is 290 g/mol. The number of aliphatic hydroxyl groups is 4. The molecule has 0 spiro atoms. The topological polar surface area (TPSA) is 99.4 Å². The van der Waals surface area contributed by atoms with Crippen LogP contribution in [0.1, 0.15) is 0 Å². The first-order chi connectivity index (χ1) is 9.02. The van der Waals surface area contributed by atoms with E-state index in [1.165, 1.54) is 0 Å². The molecule has 1 fully saturated rings. The van der Waals surface area contributed by atoms with Gasteiger partial charge in [-0.2, -0.15) is 0 Å². The lowest BCUT2D eigenvalue weighted by Crippen LogP contribution is -2.60. The summed E-state index contributed by atoms with van der Waals surface area (Å²) in [5, 5.41) is 38.5. The predicted octanol–water partition coefficient (Wildman–Crippen LogP) is -0.481. The summed E-state index contributed by atoms with van der Waals surface area (Å²) >= 11 is 5.73. The minimum Gasteiger partial charge on any atom is -0.462 e. The molecular formula is C12H15ClO6. The van der Waals surface area contributed by atoms with Gasteiger partial charge in [-0.25, -0.2) is 0 Å². The van der Waals surface area contributed by atoms with Gasteiger partial charge in [-0.1, -0.05) is 11.6 Å². The summed E-state index contributed by atoms with van der Waals surface area (Å²) in [6.45, 7) is -0.495. The highest BCUT2D eigenvalue weighted by atomic mass is 35.5. The molecule has 2 rings (SSSR count). The zero-order valence-corrected chi connectivity index (χ0v) is 10.6. The molecule has 5 atom stereocenters. The molecule has 0 amide bonds. The van der Waals surface area contributed by atoms with Crippen LogP contribution in [0.15, 0.2) is 24.3 Å². The maximum absolute atomic E-state index is 9.77. The summed E-state index contributed by atoms with van der Waals surface area (Å²) in [6.07, 6.45) is -6.45. The van der Waals surface area contributed by atoms with Gasteiger partial charge >= 0.3 is 0 Å². The van der Waals surface area contributed by atoms with Gasteiger partial charge in [0, 0.05) is 5.02 Å². The van der Waals surface area contributed by atoms with E-state index in [2.05, 4.69) is 0 Å². The summed E-state index contributed by atoms with van der Waals surface area (Å²) in [5.41, 5.74) is 0. The van der Waals surface area contributed by atoms with Crippen LogP contribution in [0.5, 0.6) is 5.75 Å². The highest BCUT2D eigenvalue weighted by Gasteiger charge is 2.44. The van der Waals surface area contributed by atoms with E-state index >= 15 is 0 Å². The fraction of sp³-hybridized carbons (Fsp3) is 0.500. The van der Waals surface area contributed by atoms with Crippen LogP contribution in [-0.4, -0.2) is 57.7 Å². The van der Waals surface area contributed by atoms with Gasteiger partial charge in [-0.15, -0.1) is 0 Å². The van der Waals surface area contributed by atoms with Gasteiger partial charge in [0.1, 0.15) is 30.2 Å². The van der Waals surface area contributed by atoms with E-state index in [1.54, 1.807) is 24.3 Å². The van der Waals surface area contributed by atoms with Gasteiger partial charge in [0.25, 0.3) is 0 Å². The van der Waals surface area contributed by atoms with Crippen molar-refractivity contribution in [1.82, 2.24) is 0 Å². The molecule has 19 heavy (non-hydrogen) atoms. The van der Waals surface area contributed by atoms with Crippen LogP contribution in [0.3, 0.4) is 0 Å². The van der Waals surface area contributed by atoms with Crippen molar-refractivity contribution in [3.8, 4) is 5.75 Å². The normalized spacial score (nSPS) is 35.1. The van der Waals surface area contributed by atoms with Gasteiger partial charge in [0.15, 0.2) is 0 Å². The van der Waals surface area contributed by atoms with Gasteiger partial charge < -0.3 is 29.9 Å². The molecule has 106 valence electrons. The molecular weight excluding hydrogens is 276 g/mol. The number of rotatable bonds is 3. The Morgan fingerprint density at radius 1 is 1.05 bits per heavy atom. The quantitative estimate of drug-likeness (QED) is 0.600. The molecule has 1 aromatic carbocycles. The lowest BCUT2D eigenvalue weighted by molar-refractivity contribution is -0.277. The molecule has 1 heterocycles. The summed E-state index contributed by atoms with van der Waals surface area (Å²) in [7, 11) is 0. The van der Waals surface area contributed by atoms with Crippen molar-refractivity contribution in [2.24, 2.45) is 0 Å². The minimum atomic E-state index is -1.46. The standard InChI is InChI=1S/C12H15ClO6/c13-6-1-3-7(4-2-6)18-12-11(17)10(16)9(15)8(5-14)19-12/h1-4,8-12,14-17H,5H2/t8-,9+,10+,11-,12-/m1/s1. The first-order valence-electron chi connectivity index (χ1n) is 5.75. The highest BCUT2D eigenvalue weighted by Crippen LogP contribution is 2.24. The predicted molar refractivity (Wildman–Crippen MR) is 65.8 cm³/mol. The largest absolute Gasteiger partial charge is 0.462 e. The number of hydrogen-bond acceptors (Lipinski definition) is 6. The van der Waals surface area contributed by atoms with Crippen LogP contribution in [-0.2, 0) is 4.74 Å². The second kappa shape index (κ2) is 6.04. The van der Waals surface area contributed by atoms with Gasteiger partial charge in [0.05, 0.1) is 6.61 Å². The van der Waals surface area contributed by atoms with E-state index in [9.17, 15) is 15.3 Å². The van der Waals surface area contributed by atoms with Crippen molar-refractivity contribution in [1.29, 1.82) is 0 Å². The molecule has 0 aromatic heterocycles. The highest BCUT2D eigenvalue weighted by molar-refractivity contribution is 6.30. The second-order valence-electron chi connectivity index (χ2n) is 4.27. The zero-order chi connectivity index (χ0) is 14.0. The fourth-order valence-electron chi connectivity index (χ4n) is 1.81. The summed E-state index contributed by atoms with van der Waals surface area (Å²) < 4.78 is 10.6. The van der Waals surface area contributed by atoms with Crippen LogP contribution in [0, 0.1) is 0 Å².